The molecule has 12 aromatic carbocycles. The van der Waals surface area contributed by atoms with Crippen LogP contribution < -0.4 is 0 Å². The van der Waals surface area contributed by atoms with Gasteiger partial charge in [0, 0.05) is 77.0 Å². The fourth-order valence-electron chi connectivity index (χ4n) is 13.3. The number of benzene rings is 12. The SMILES string of the molecule is c1ccc(-c2cccc(-c3cc(-c4cc(-n5c6ccccc6c6ccccc65)cc(-n5c6ccccc6c6ccccc65)c4)nc(-c4cc(-n5c6ccccc6c6ccccc65)cc(-n5c6ccccc6c6ccccc65)c4)c3)c2)cc1. The van der Waals surface area contributed by atoms with E-state index in [1.807, 2.05) is 0 Å². The van der Waals surface area contributed by atoms with Crippen LogP contribution in [-0.2, 0) is 0 Å². The maximum Gasteiger partial charge on any atom is 0.0717 e. The maximum absolute atomic E-state index is 5.93. The normalized spacial score (nSPS) is 11.9. The van der Waals surface area contributed by atoms with Crippen molar-refractivity contribution in [3.8, 4) is 67.5 Å². The van der Waals surface area contributed by atoms with Crippen LogP contribution in [0.15, 0.2) is 297 Å². The second kappa shape index (κ2) is 18.3. The van der Waals surface area contributed by atoms with Crippen LogP contribution in [0.2, 0.25) is 0 Å². The highest BCUT2D eigenvalue weighted by Gasteiger charge is 2.22. The summed E-state index contributed by atoms with van der Waals surface area (Å²) in [5, 5.41) is 9.70. The first-order valence-corrected chi connectivity index (χ1v) is 28.1. The van der Waals surface area contributed by atoms with E-state index in [0.29, 0.717) is 0 Å². The second-order valence-corrected chi connectivity index (χ2v) is 21.5. The largest absolute Gasteiger partial charge is 0.309 e. The van der Waals surface area contributed by atoms with Gasteiger partial charge in [-0.25, -0.2) is 4.98 Å². The molecule has 17 aromatic rings. The van der Waals surface area contributed by atoms with Crippen LogP contribution in [0.3, 0.4) is 0 Å². The van der Waals surface area contributed by atoms with Gasteiger partial charge in [-0.1, -0.05) is 194 Å². The van der Waals surface area contributed by atoms with Crippen LogP contribution in [0.4, 0.5) is 0 Å². The van der Waals surface area contributed by atoms with E-state index in [0.717, 1.165) is 106 Å². The molecule has 0 aliphatic carbocycles. The van der Waals surface area contributed by atoms with Crippen LogP contribution >= 0.6 is 0 Å². The molecule has 0 saturated carbocycles. The zero-order valence-corrected chi connectivity index (χ0v) is 44.5. The van der Waals surface area contributed by atoms with Crippen molar-refractivity contribution in [2.45, 2.75) is 0 Å². The van der Waals surface area contributed by atoms with E-state index in [4.69, 9.17) is 4.98 Å². The minimum absolute atomic E-state index is 0.864. The molecule has 0 amide bonds. The van der Waals surface area contributed by atoms with Crippen molar-refractivity contribution in [2.75, 3.05) is 0 Å². The summed E-state index contributed by atoms with van der Waals surface area (Å²) in [7, 11) is 0. The average Bonchev–Trinajstić information content (AvgIpc) is 4.24. The van der Waals surface area contributed by atoms with Crippen molar-refractivity contribution in [1.82, 2.24) is 23.3 Å². The van der Waals surface area contributed by atoms with Crippen molar-refractivity contribution >= 4 is 87.2 Å². The fourth-order valence-corrected chi connectivity index (χ4v) is 13.3. The number of para-hydroxylation sites is 8. The predicted molar refractivity (Wildman–Crippen MR) is 343 cm³/mol. The first-order chi connectivity index (χ1) is 40.7. The summed E-state index contributed by atoms with van der Waals surface area (Å²) in [5.41, 5.74) is 21.6. The first-order valence-electron chi connectivity index (χ1n) is 28.1. The zero-order valence-electron chi connectivity index (χ0n) is 44.5. The molecule has 5 nitrogen and oxygen atoms in total. The summed E-state index contributed by atoms with van der Waals surface area (Å²) in [5.74, 6) is 0. The Morgan fingerprint density at radius 3 is 0.707 bits per heavy atom. The molecule has 0 bridgehead atoms. The lowest BCUT2D eigenvalue weighted by atomic mass is 9.96. The molecule has 0 unspecified atom stereocenters. The Hall–Kier alpha value is -11.0. The number of aromatic nitrogens is 5. The summed E-state index contributed by atoms with van der Waals surface area (Å²) in [4.78, 5) is 5.93. The monoisotopic (exact) mass is 1040 g/mol. The van der Waals surface area contributed by atoms with Gasteiger partial charge in [0.2, 0.25) is 0 Å². The summed E-state index contributed by atoms with van der Waals surface area (Å²) in [6.45, 7) is 0. The highest BCUT2D eigenvalue weighted by atomic mass is 15.0. The Morgan fingerprint density at radius 1 is 0.171 bits per heavy atom. The third-order valence-electron chi connectivity index (χ3n) is 16.9. The molecule has 382 valence electrons. The lowest BCUT2D eigenvalue weighted by molar-refractivity contribution is 1.13. The van der Waals surface area contributed by atoms with Crippen molar-refractivity contribution in [3.63, 3.8) is 0 Å². The van der Waals surface area contributed by atoms with Crippen molar-refractivity contribution < 1.29 is 0 Å². The molecule has 5 heterocycles. The van der Waals surface area contributed by atoms with Gasteiger partial charge in [0.05, 0.1) is 55.5 Å². The van der Waals surface area contributed by atoms with Gasteiger partial charge in [-0.15, -0.1) is 0 Å². The molecule has 5 aromatic heterocycles. The summed E-state index contributed by atoms with van der Waals surface area (Å²) < 4.78 is 9.75. The second-order valence-electron chi connectivity index (χ2n) is 21.5. The van der Waals surface area contributed by atoms with Crippen LogP contribution in [0.25, 0.3) is 155 Å². The Bertz CT molecular complexity index is 4650. The van der Waals surface area contributed by atoms with Crippen LogP contribution in [-0.4, -0.2) is 23.3 Å². The molecule has 0 spiro atoms. The summed E-state index contributed by atoms with van der Waals surface area (Å²) in [6.07, 6.45) is 0. The quantitative estimate of drug-likeness (QED) is 0.149. The highest BCUT2D eigenvalue weighted by Crippen LogP contribution is 2.42. The molecule has 17 rings (SSSR count). The van der Waals surface area contributed by atoms with Gasteiger partial charge in [-0.2, -0.15) is 0 Å². The Morgan fingerprint density at radius 2 is 0.415 bits per heavy atom. The van der Waals surface area contributed by atoms with Crippen molar-refractivity contribution in [2.24, 2.45) is 0 Å². The van der Waals surface area contributed by atoms with E-state index >= 15 is 0 Å². The Kier molecular flexibility index (Phi) is 10.2. The predicted octanol–water partition coefficient (Wildman–Crippen LogP) is 20.1. The van der Waals surface area contributed by atoms with Crippen LogP contribution in [0.1, 0.15) is 0 Å². The number of pyridine rings is 1. The smallest absolute Gasteiger partial charge is 0.0717 e. The lowest BCUT2D eigenvalue weighted by Crippen LogP contribution is -2.02. The molecule has 0 atom stereocenters. The molecule has 82 heavy (non-hydrogen) atoms. The van der Waals surface area contributed by atoms with Crippen LogP contribution in [0, 0.1) is 0 Å². The molecule has 5 heteroatoms. The topological polar surface area (TPSA) is 32.6 Å². The van der Waals surface area contributed by atoms with E-state index in [1.165, 1.54) is 48.7 Å². The molecule has 0 saturated heterocycles. The van der Waals surface area contributed by atoms with E-state index in [2.05, 4.69) is 316 Å². The van der Waals surface area contributed by atoms with Crippen LogP contribution in [0.5, 0.6) is 0 Å². The standard InChI is InChI=1S/C77H49N5/c1-2-21-50(22-3-1)51-23-20-24-52(41-51)53-46-68(54-42-56(79-70-33-12-4-25-60(70)61-26-5-13-34-71(61)79)48-57(43-54)80-72-35-14-6-27-62(72)63-28-7-15-36-73(63)80)78-69(47-53)55-44-58(81-74-37-16-8-29-64(74)65-30-9-17-38-75(65)81)49-59(45-55)82-76-39-18-10-31-66(76)67-32-11-19-40-77(67)82/h1-49H. The average molecular weight is 1040 g/mol. The van der Waals surface area contributed by atoms with Gasteiger partial charge >= 0.3 is 0 Å². The highest BCUT2D eigenvalue weighted by molar-refractivity contribution is 6.13. The van der Waals surface area contributed by atoms with Gasteiger partial charge in [0.25, 0.3) is 0 Å². The van der Waals surface area contributed by atoms with E-state index in [9.17, 15) is 0 Å². The fraction of sp³-hybridized carbons (Fsp3) is 0. The number of rotatable bonds is 8. The number of nitrogens with zero attached hydrogens (tertiary/aromatic N) is 5. The maximum atomic E-state index is 5.93. The number of hydrogen-bond acceptors (Lipinski definition) is 1. The third kappa shape index (κ3) is 7.16. The summed E-state index contributed by atoms with van der Waals surface area (Å²) in [6, 6.07) is 109. The summed E-state index contributed by atoms with van der Waals surface area (Å²) >= 11 is 0. The van der Waals surface area contributed by atoms with E-state index in [-0.39, 0.29) is 0 Å². The van der Waals surface area contributed by atoms with Gasteiger partial charge in [-0.3, -0.25) is 0 Å². The molecule has 0 radical (unpaired) electrons. The van der Waals surface area contributed by atoms with E-state index in [1.54, 1.807) is 0 Å². The van der Waals surface area contributed by atoms with Gasteiger partial charge in [0.1, 0.15) is 0 Å². The Balaban J connectivity index is 0.979. The van der Waals surface area contributed by atoms with Crippen molar-refractivity contribution in [3.05, 3.63) is 297 Å². The Labute approximate surface area is 472 Å². The first kappa shape index (κ1) is 46.0. The van der Waals surface area contributed by atoms with E-state index < -0.39 is 0 Å². The molecular formula is C77H49N5. The van der Waals surface area contributed by atoms with Gasteiger partial charge < -0.3 is 18.3 Å². The lowest BCUT2D eigenvalue weighted by Gasteiger charge is -2.18. The zero-order chi connectivity index (χ0) is 53.8. The number of fused-ring (bicyclic) bond motifs is 12. The van der Waals surface area contributed by atoms with Gasteiger partial charge in [-0.05, 0) is 125 Å². The minimum Gasteiger partial charge on any atom is -0.309 e. The molecular weight excluding hydrogens is 995 g/mol. The van der Waals surface area contributed by atoms with Crippen molar-refractivity contribution in [1.29, 1.82) is 0 Å². The number of hydrogen-bond donors (Lipinski definition) is 0. The molecule has 0 N–H and O–H groups in total. The minimum atomic E-state index is 0.864. The molecule has 0 aliphatic heterocycles. The molecule has 0 fully saturated rings. The molecule has 0 aliphatic rings. The van der Waals surface area contributed by atoms with Gasteiger partial charge in [0.15, 0.2) is 0 Å². The third-order valence-corrected chi connectivity index (χ3v) is 16.9.